The van der Waals surface area contributed by atoms with Crippen LogP contribution in [0.15, 0.2) is 18.2 Å². The molecule has 1 atom stereocenters. The minimum Gasteiger partial charge on any atom is -0.454 e. The molecule has 0 N–H and O–H groups in total. The van der Waals surface area contributed by atoms with Gasteiger partial charge in [-0.05, 0) is 37.5 Å². The molecule has 1 unspecified atom stereocenters. The Kier molecular flexibility index (Phi) is 4.52. The van der Waals surface area contributed by atoms with E-state index in [-0.39, 0.29) is 29.8 Å². The lowest BCUT2D eigenvalue weighted by Crippen LogP contribution is -2.47. The number of Topliss-reactive ketones (excluding diaryl/α,β-unsaturated/α-hetero) is 1. The standard InChI is InChI=1S/C19H25NO4/c1-4-19(2,3)18(22)20-9-5-6-14(11-20)17(21)13-7-8-15-16(10-13)24-12-23-15/h7-8,10,14H,4-6,9,11-12H2,1-3H3. The van der Waals surface area contributed by atoms with E-state index in [2.05, 4.69) is 0 Å². The number of nitrogens with zero attached hydrogens (tertiary/aromatic N) is 1. The van der Waals surface area contributed by atoms with Crippen LogP contribution >= 0.6 is 0 Å². The molecule has 5 nitrogen and oxygen atoms in total. The summed E-state index contributed by atoms with van der Waals surface area (Å²) >= 11 is 0. The van der Waals surface area contributed by atoms with E-state index in [0.717, 1.165) is 25.8 Å². The second kappa shape index (κ2) is 6.46. The molecule has 0 bridgehead atoms. The quantitative estimate of drug-likeness (QED) is 0.795. The first-order chi connectivity index (χ1) is 11.4. The van der Waals surface area contributed by atoms with Gasteiger partial charge in [-0.2, -0.15) is 0 Å². The molecular weight excluding hydrogens is 306 g/mol. The number of rotatable bonds is 4. The van der Waals surface area contributed by atoms with E-state index in [1.807, 2.05) is 25.7 Å². The summed E-state index contributed by atoms with van der Waals surface area (Å²) in [7, 11) is 0. The molecule has 2 aliphatic heterocycles. The number of amides is 1. The van der Waals surface area contributed by atoms with Crippen molar-refractivity contribution in [3.05, 3.63) is 23.8 Å². The van der Waals surface area contributed by atoms with E-state index >= 15 is 0 Å². The second-order valence-electron chi connectivity index (χ2n) is 7.26. The molecule has 1 amide bonds. The zero-order chi connectivity index (χ0) is 17.3. The topological polar surface area (TPSA) is 55.8 Å². The summed E-state index contributed by atoms with van der Waals surface area (Å²) < 4.78 is 10.6. The molecule has 3 rings (SSSR count). The van der Waals surface area contributed by atoms with Gasteiger partial charge in [0.2, 0.25) is 12.7 Å². The van der Waals surface area contributed by atoms with Crippen molar-refractivity contribution < 1.29 is 19.1 Å². The molecule has 1 aromatic rings. The van der Waals surface area contributed by atoms with Crippen molar-refractivity contribution in [3.63, 3.8) is 0 Å². The van der Waals surface area contributed by atoms with Crippen LogP contribution in [0.5, 0.6) is 11.5 Å². The molecule has 130 valence electrons. The van der Waals surface area contributed by atoms with E-state index in [4.69, 9.17) is 9.47 Å². The number of ketones is 1. The number of ether oxygens (including phenoxy) is 2. The first kappa shape index (κ1) is 16.8. The van der Waals surface area contributed by atoms with Gasteiger partial charge in [-0.25, -0.2) is 0 Å². The highest BCUT2D eigenvalue weighted by Crippen LogP contribution is 2.34. The van der Waals surface area contributed by atoms with E-state index < -0.39 is 0 Å². The normalized spacial score (nSPS) is 20.1. The van der Waals surface area contributed by atoms with Crippen LogP contribution in [0, 0.1) is 11.3 Å². The molecule has 24 heavy (non-hydrogen) atoms. The lowest BCUT2D eigenvalue weighted by Gasteiger charge is -2.37. The van der Waals surface area contributed by atoms with Gasteiger partial charge in [-0.15, -0.1) is 0 Å². The van der Waals surface area contributed by atoms with E-state index in [0.29, 0.717) is 23.6 Å². The fourth-order valence-electron chi connectivity index (χ4n) is 3.24. The van der Waals surface area contributed by atoms with Gasteiger partial charge in [0, 0.05) is 30.0 Å². The van der Waals surface area contributed by atoms with Crippen LogP contribution in [0.2, 0.25) is 0 Å². The zero-order valence-electron chi connectivity index (χ0n) is 14.6. The van der Waals surface area contributed by atoms with Gasteiger partial charge in [0.05, 0.1) is 0 Å². The lowest BCUT2D eigenvalue weighted by atomic mass is 9.85. The number of piperidine rings is 1. The number of benzene rings is 1. The van der Waals surface area contributed by atoms with Crippen molar-refractivity contribution in [3.8, 4) is 11.5 Å². The Morgan fingerprint density at radius 3 is 2.75 bits per heavy atom. The molecule has 1 aromatic carbocycles. The van der Waals surface area contributed by atoms with Crippen molar-refractivity contribution in [1.29, 1.82) is 0 Å². The highest BCUT2D eigenvalue weighted by atomic mass is 16.7. The van der Waals surface area contributed by atoms with Gasteiger partial charge in [0.1, 0.15) is 0 Å². The highest BCUT2D eigenvalue weighted by Gasteiger charge is 2.35. The van der Waals surface area contributed by atoms with Gasteiger partial charge in [0.25, 0.3) is 0 Å². The molecular formula is C19H25NO4. The minimum atomic E-state index is -0.371. The van der Waals surface area contributed by atoms with Gasteiger partial charge >= 0.3 is 0 Å². The summed E-state index contributed by atoms with van der Waals surface area (Å²) in [5.74, 6) is 1.39. The monoisotopic (exact) mass is 331 g/mol. The predicted octanol–water partition coefficient (Wildman–Crippen LogP) is 3.27. The summed E-state index contributed by atoms with van der Waals surface area (Å²) in [6.45, 7) is 7.42. The molecule has 0 aliphatic carbocycles. The van der Waals surface area contributed by atoms with Crippen LogP contribution in [0.25, 0.3) is 0 Å². The second-order valence-corrected chi connectivity index (χ2v) is 7.26. The van der Waals surface area contributed by atoms with Crippen molar-refractivity contribution >= 4 is 11.7 Å². The first-order valence-electron chi connectivity index (χ1n) is 8.65. The maximum Gasteiger partial charge on any atom is 0.231 e. The summed E-state index contributed by atoms with van der Waals surface area (Å²) in [5.41, 5.74) is 0.261. The fraction of sp³-hybridized carbons (Fsp3) is 0.579. The van der Waals surface area contributed by atoms with Crippen LogP contribution < -0.4 is 9.47 Å². The van der Waals surface area contributed by atoms with Crippen molar-refractivity contribution in [2.24, 2.45) is 11.3 Å². The highest BCUT2D eigenvalue weighted by molar-refractivity contribution is 5.99. The molecule has 0 aromatic heterocycles. The molecule has 5 heteroatoms. The minimum absolute atomic E-state index is 0.0834. The van der Waals surface area contributed by atoms with Gasteiger partial charge in [0.15, 0.2) is 17.3 Å². The average Bonchev–Trinajstić information content (AvgIpc) is 3.08. The fourth-order valence-corrected chi connectivity index (χ4v) is 3.24. The van der Waals surface area contributed by atoms with Crippen molar-refractivity contribution in [2.45, 2.75) is 40.0 Å². The van der Waals surface area contributed by atoms with Crippen LogP contribution in [-0.4, -0.2) is 36.5 Å². The zero-order valence-corrected chi connectivity index (χ0v) is 14.6. The van der Waals surface area contributed by atoms with Crippen LogP contribution in [0.1, 0.15) is 50.4 Å². The Hall–Kier alpha value is -2.04. The van der Waals surface area contributed by atoms with Crippen LogP contribution in [0.4, 0.5) is 0 Å². The Balaban J connectivity index is 1.72. The largest absolute Gasteiger partial charge is 0.454 e. The third-order valence-electron chi connectivity index (χ3n) is 5.20. The van der Waals surface area contributed by atoms with Crippen molar-refractivity contribution in [2.75, 3.05) is 19.9 Å². The van der Waals surface area contributed by atoms with E-state index in [1.54, 1.807) is 18.2 Å². The van der Waals surface area contributed by atoms with E-state index in [1.165, 1.54) is 0 Å². The number of carbonyl (C=O) groups excluding carboxylic acids is 2. The molecule has 0 saturated carbocycles. The average molecular weight is 331 g/mol. The number of fused-ring (bicyclic) bond motifs is 1. The molecule has 0 spiro atoms. The summed E-state index contributed by atoms with van der Waals surface area (Å²) in [4.78, 5) is 27.4. The molecule has 1 fully saturated rings. The van der Waals surface area contributed by atoms with Crippen LogP contribution in [0.3, 0.4) is 0 Å². The summed E-state index contributed by atoms with van der Waals surface area (Å²) in [6.07, 6.45) is 2.49. The maximum atomic E-state index is 12.9. The Morgan fingerprint density at radius 2 is 2.00 bits per heavy atom. The first-order valence-corrected chi connectivity index (χ1v) is 8.65. The number of likely N-dealkylation sites (tertiary alicyclic amines) is 1. The summed E-state index contributed by atoms with van der Waals surface area (Å²) in [6, 6.07) is 5.31. The number of carbonyl (C=O) groups is 2. The molecule has 2 aliphatic rings. The van der Waals surface area contributed by atoms with Crippen molar-refractivity contribution in [1.82, 2.24) is 4.90 Å². The molecule has 0 radical (unpaired) electrons. The maximum absolute atomic E-state index is 12.9. The van der Waals surface area contributed by atoms with Gasteiger partial charge in [-0.3, -0.25) is 9.59 Å². The molecule has 1 saturated heterocycles. The SMILES string of the molecule is CCC(C)(C)C(=O)N1CCCC(C(=O)c2ccc3c(c2)OCO3)C1. The molecule has 2 heterocycles. The predicted molar refractivity (Wildman–Crippen MR) is 90.3 cm³/mol. The Bertz CT molecular complexity index is 653. The van der Waals surface area contributed by atoms with Gasteiger partial charge < -0.3 is 14.4 Å². The lowest BCUT2D eigenvalue weighted by molar-refractivity contribution is -0.142. The summed E-state index contributed by atoms with van der Waals surface area (Å²) in [5, 5.41) is 0. The Morgan fingerprint density at radius 1 is 1.25 bits per heavy atom. The smallest absolute Gasteiger partial charge is 0.231 e. The Labute approximate surface area is 142 Å². The number of hydrogen-bond acceptors (Lipinski definition) is 4. The third-order valence-corrected chi connectivity index (χ3v) is 5.20. The van der Waals surface area contributed by atoms with Gasteiger partial charge in [-0.1, -0.05) is 20.8 Å². The third kappa shape index (κ3) is 3.12. The van der Waals surface area contributed by atoms with Crippen LogP contribution in [-0.2, 0) is 4.79 Å². The number of hydrogen-bond donors (Lipinski definition) is 0. The van der Waals surface area contributed by atoms with E-state index in [9.17, 15) is 9.59 Å².